The first kappa shape index (κ1) is 13.2. The molecule has 4 nitrogen and oxygen atoms in total. The van der Waals surface area contributed by atoms with E-state index in [1.54, 1.807) is 4.68 Å². The average molecular weight is 290 g/mol. The van der Waals surface area contributed by atoms with E-state index in [1.807, 2.05) is 43.6 Å². The van der Waals surface area contributed by atoms with Gasteiger partial charge in [0.05, 0.1) is 12.2 Å². The Kier molecular flexibility index (Phi) is 3.49. The van der Waals surface area contributed by atoms with Gasteiger partial charge in [-0.1, -0.05) is 23.7 Å². The molecule has 1 amide bonds. The van der Waals surface area contributed by atoms with E-state index in [0.717, 1.165) is 17.1 Å². The second-order valence-electron chi connectivity index (χ2n) is 5.20. The predicted octanol–water partition coefficient (Wildman–Crippen LogP) is 2.49. The Balaban J connectivity index is 1.53. The molecule has 3 rings (SSSR count). The van der Waals surface area contributed by atoms with E-state index in [0.29, 0.717) is 12.5 Å². The highest BCUT2D eigenvalue weighted by Gasteiger charge is 2.43. The maximum Gasteiger partial charge on any atom is 0.224 e. The first-order valence-corrected chi connectivity index (χ1v) is 7.03. The lowest BCUT2D eigenvalue weighted by atomic mass is 10.1. The average Bonchev–Trinajstić information content (AvgIpc) is 3.13. The molecule has 1 aliphatic carbocycles. The molecule has 1 aromatic heterocycles. The van der Waals surface area contributed by atoms with E-state index in [-0.39, 0.29) is 11.8 Å². The zero-order chi connectivity index (χ0) is 14.1. The summed E-state index contributed by atoms with van der Waals surface area (Å²) in [4.78, 5) is 12.1. The number of hydrogen-bond donors (Lipinski definition) is 1. The lowest BCUT2D eigenvalue weighted by Crippen LogP contribution is -2.25. The molecule has 2 atom stereocenters. The molecule has 20 heavy (non-hydrogen) atoms. The molecule has 2 aromatic rings. The molecule has 5 heteroatoms. The first-order chi connectivity index (χ1) is 9.63. The van der Waals surface area contributed by atoms with Gasteiger partial charge in [-0.25, -0.2) is 0 Å². The summed E-state index contributed by atoms with van der Waals surface area (Å²) in [6.45, 7) is 0.490. The van der Waals surface area contributed by atoms with E-state index in [4.69, 9.17) is 11.6 Å². The number of rotatable bonds is 4. The van der Waals surface area contributed by atoms with Crippen LogP contribution in [0.15, 0.2) is 36.5 Å². The number of nitrogens with one attached hydrogen (secondary N) is 1. The van der Waals surface area contributed by atoms with Gasteiger partial charge in [-0.2, -0.15) is 5.10 Å². The minimum absolute atomic E-state index is 0.0832. The highest BCUT2D eigenvalue weighted by Crippen LogP contribution is 2.47. The van der Waals surface area contributed by atoms with Crippen molar-refractivity contribution in [2.24, 2.45) is 13.0 Å². The fourth-order valence-electron chi connectivity index (χ4n) is 2.43. The predicted molar refractivity (Wildman–Crippen MR) is 77.4 cm³/mol. The van der Waals surface area contributed by atoms with E-state index < -0.39 is 0 Å². The molecule has 104 valence electrons. The molecular weight excluding hydrogens is 274 g/mol. The van der Waals surface area contributed by atoms with Gasteiger partial charge in [-0.3, -0.25) is 9.48 Å². The molecule has 1 N–H and O–H groups in total. The minimum Gasteiger partial charge on any atom is -0.350 e. The Bertz CT molecular complexity index is 620. The zero-order valence-electron chi connectivity index (χ0n) is 11.2. The van der Waals surface area contributed by atoms with E-state index >= 15 is 0 Å². The Morgan fingerprint density at radius 1 is 1.40 bits per heavy atom. The topological polar surface area (TPSA) is 46.9 Å². The third kappa shape index (κ3) is 2.85. The monoisotopic (exact) mass is 289 g/mol. The van der Waals surface area contributed by atoms with Crippen LogP contribution in [0.25, 0.3) is 0 Å². The smallest absolute Gasteiger partial charge is 0.224 e. The Labute approximate surface area is 122 Å². The largest absolute Gasteiger partial charge is 0.350 e. The van der Waals surface area contributed by atoms with Crippen molar-refractivity contribution in [1.29, 1.82) is 0 Å². The van der Waals surface area contributed by atoms with Crippen LogP contribution in [0.4, 0.5) is 0 Å². The molecular formula is C15H16ClN3O. The fraction of sp³-hybridized carbons (Fsp3) is 0.333. The number of halogens is 1. The van der Waals surface area contributed by atoms with Crippen LogP contribution in [-0.2, 0) is 18.4 Å². The SMILES string of the molecule is Cn1ccc(CNC(=O)C2CC2c2ccc(Cl)cc2)n1. The van der Waals surface area contributed by atoms with Crippen molar-refractivity contribution >= 4 is 17.5 Å². The summed E-state index contributed by atoms with van der Waals surface area (Å²) in [5, 5.41) is 7.91. The maximum atomic E-state index is 12.1. The highest BCUT2D eigenvalue weighted by molar-refractivity contribution is 6.30. The van der Waals surface area contributed by atoms with Gasteiger partial charge in [0, 0.05) is 24.2 Å². The van der Waals surface area contributed by atoms with Crippen LogP contribution in [0.2, 0.25) is 5.02 Å². The quantitative estimate of drug-likeness (QED) is 0.940. The standard InChI is InChI=1S/C15H16ClN3O/c1-19-7-6-12(18-19)9-17-15(20)14-8-13(14)10-2-4-11(16)5-3-10/h2-7,13-14H,8-9H2,1H3,(H,17,20). The third-order valence-corrected chi connectivity index (χ3v) is 3.89. The summed E-state index contributed by atoms with van der Waals surface area (Å²) in [7, 11) is 1.86. The van der Waals surface area contributed by atoms with Crippen LogP contribution >= 0.6 is 11.6 Å². The van der Waals surface area contributed by atoms with Crippen molar-refractivity contribution in [3.05, 3.63) is 52.8 Å². The lowest BCUT2D eigenvalue weighted by Gasteiger charge is -2.03. The number of carbonyl (C=O) groups is 1. The van der Waals surface area contributed by atoms with Crippen LogP contribution < -0.4 is 5.32 Å². The van der Waals surface area contributed by atoms with Crippen molar-refractivity contribution < 1.29 is 4.79 Å². The van der Waals surface area contributed by atoms with Gasteiger partial charge in [0.15, 0.2) is 0 Å². The highest BCUT2D eigenvalue weighted by atomic mass is 35.5. The number of amides is 1. The summed E-state index contributed by atoms with van der Waals surface area (Å²) in [6.07, 6.45) is 2.78. The molecule has 0 saturated heterocycles. The van der Waals surface area contributed by atoms with Crippen LogP contribution in [0.3, 0.4) is 0 Å². The summed E-state index contributed by atoms with van der Waals surface area (Å²) >= 11 is 5.87. The van der Waals surface area contributed by atoms with Gasteiger partial charge in [-0.05, 0) is 36.1 Å². The molecule has 0 bridgehead atoms. The number of aromatic nitrogens is 2. The van der Waals surface area contributed by atoms with Crippen molar-refractivity contribution in [3.8, 4) is 0 Å². The number of aryl methyl sites for hydroxylation is 1. The molecule has 1 saturated carbocycles. The van der Waals surface area contributed by atoms with Crippen molar-refractivity contribution in [1.82, 2.24) is 15.1 Å². The Morgan fingerprint density at radius 3 is 2.80 bits per heavy atom. The summed E-state index contributed by atoms with van der Waals surface area (Å²) in [5.41, 5.74) is 2.07. The molecule has 0 radical (unpaired) electrons. The van der Waals surface area contributed by atoms with Crippen molar-refractivity contribution in [2.45, 2.75) is 18.9 Å². The summed E-state index contributed by atoms with van der Waals surface area (Å²) < 4.78 is 1.73. The number of benzene rings is 1. The lowest BCUT2D eigenvalue weighted by molar-refractivity contribution is -0.122. The van der Waals surface area contributed by atoms with E-state index in [1.165, 1.54) is 5.56 Å². The number of hydrogen-bond acceptors (Lipinski definition) is 2. The molecule has 0 aliphatic heterocycles. The number of nitrogens with zero attached hydrogens (tertiary/aromatic N) is 2. The Hall–Kier alpha value is -1.81. The van der Waals surface area contributed by atoms with Crippen molar-refractivity contribution in [3.63, 3.8) is 0 Å². The molecule has 1 aliphatic rings. The summed E-state index contributed by atoms with van der Waals surface area (Å²) in [6, 6.07) is 9.65. The maximum absolute atomic E-state index is 12.1. The molecule has 1 fully saturated rings. The van der Waals surface area contributed by atoms with Crippen LogP contribution in [0, 0.1) is 5.92 Å². The van der Waals surface area contributed by atoms with Crippen LogP contribution in [-0.4, -0.2) is 15.7 Å². The fourth-order valence-corrected chi connectivity index (χ4v) is 2.56. The normalized spacial score (nSPS) is 20.7. The van der Waals surface area contributed by atoms with Gasteiger partial charge < -0.3 is 5.32 Å². The molecule has 1 heterocycles. The Morgan fingerprint density at radius 2 is 2.15 bits per heavy atom. The molecule has 1 aromatic carbocycles. The summed E-state index contributed by atoms with van der Waals surface area (Å²) in [5.74, 6) is 0.520. The van der Waals surface area contributed by atoms with Gasteiger partial charge in [0.25, 0.3) is 0 Å². The number of carbonyl (C=O) groups excluding carboxylic acids is 1. The van der Waals surface area contributed by atoms with Gasteiger partial charge in [0.1, 0.15) is 0 Å². The van der Waals surface area contributed by atoms with Gasteiger partial charge >= 0.3 is 0 Å². The van der Waals surface area contributed by atoms with Gasteiger partial charge in [0.2, 0.25) is 5.91 Å². The van der Waals surface area contributed by atoms with Crippen molar-refractivity contribution in [2.75, 3.05) is 0 Å². The minimum atomic E-state index is 0.0832. The molecule has 0 spiro atoms. The van der Waals surface area contributed by atoms with E-state index in [9.17, 15) is 4.79 Å². The second kappa shape index (κ2) is 5.29. The zero-order valence-corrected chi connectivity index (χ0v) is 12.0. The van der Waals surface area contributed by atoms with Crippen LogP contribution in [0.1, 0.15) is 23.6 Å². The second-order valence-corrected chi connectivity index (χ2v) is 5.64. The molecule has 2 unspecified atom stereocenters. The van der Waals surface area contributed by atoms with Crippen LogP contribution in [0.5, 0.6) is 0 Å². The van der Waals surface area contributed by atoms with Gasteiger partial charge in [-0.15, -0.1) is 0 Å². The third-order valence-electron chi connectivity index (χ3n) is 3.64. The first-order valence-electron chi connectivity index (χ1n) is 6.65. The van der Waals surface area contributed by atoms with E-state index in [2.05, 4.69) is 10.4 Å².